The van der Waals surface area contributed by atoms with Gasteiger partial charge in [-0.05, 0) is 76.2 Å². The zero-order valence-electron chi connectivity index (χ0n) is 24.0. The number of carbonyl (C=O) groups excluding carboxylic acids is 1. The van der Waals surface area contributed by atoms with Crippen molar-refractivity contribution in [2.24, 2.45) is 0 Å². The molecular formula is C32H35F3N4O2. The zero-order valence-corrected chi connectivity index (χ0v) is 24.0. The van der Waals surface area contributed by atoms with Crippen LogP contribution < -0.4 is 10.1 Å². The van der Waals surface area contributed by atoms with Crippen molar-refractivity contribution in [2.45, 2.75) is 46.0 Å². The molecule has 1 saturated heterocycles. The van der Waals surface area contributed by atoms with Gasteiger partial charge in [-0.25, -0.2) is 0 Å². The third kappa shape index (κ3) is 8.56. The third-order valence-electron chi connectivity index (χ3n) is 6.64. The Bertz CT molecular complexity index is 1460. The summed E-state index contributed by atoms with van der Waals surface area (Å²) in [4.78, 5) is 21.4. The van der Waals surface area contributed by atoms with Crippen LogP contribution in [-0.4, -0.2) is 59.5 Å². The van der Waals surface area contributed by atoms with Gasteiger partial charge < -0.3 is 15.0 Å². The van der Waals surface area contributed by atoms with Crippen LogP contribution in [0, 0.1) is 18.8 Å². The minimum atomic E-state index is -4.54. The Morgan fingerprint density at radius 3 is 2.41 bits per heavy atom. The van der Waals surface area contributed by atoms with E-state index in [1.165, 1.54) is 12.1 Å². The number of benzene rings is 2. The summed E-state index contributed by atoms with van der Waals surface area (Å²) in [5.41, 5.74) is 1.58. The average Bonchev–Trinajstić information content (AvgIpc) is 2.89. The molecule has 1 fully saturated rings. The van der Waals surface area contributed by atoms with Gasteiger partial charge >= 0.3 is 6.18 Å². The minimum Gasteiger partial charge on any atom is -0.486 e. The van der Waals surface area contributed by atoms with Crippen molar-refractivity contribution in [1.82, 2.24) is 14.8 Å². The molecule has 1 aliphatic rings. The van der Waals surface area contributed by atoms with Crippen LogP contribution in [0.25, 0.3) is 0 Å². The third-order valence-corrected chi connectivity index (χ3v) is 6.64. The highest BCUT2D eigenvalue weighted by Gasteiger charge is 2.34. The quantitative estimate of drug-likeness (QED) is 0.386. The molecule has 2 aromatic carbocycles. The number of aromatic nitrogens is 1. The molecule has 6 nitrogen and oxygen atoms in total. The predicted molar refractivity (Wildman–Crippen MR) is 154 cm³/mol. The minimum absolute atomic E-state index is 0.0828. The summed E-state index contributed by atoms with van der Waals surface area (Å²) in [6.07, 6.45) is -1.30. The molecule has 0 aliphatic carbocycles. The van der Waals surface area contributed by atoms with Gasteiger partial charge in [-0.3, -0.25) is 14.7 Å². The summed E-state index contributed by atoms with van der Waals surface area (Å²) in [5, 5.41) is 2.62. The molecule has 0 bridgehead atoms. The van der Waals surface area contributed by atoms with Crippen LogP contribution in [0.15, 0.2) is 54.9 Å². The first-order valence-electron chi connectivity index (χ1n) is 13.5. The monoisotopic (exact) mass is 564 g/mol. The number of likely N-dealkylation sites (N-methyl/N-ethyl adjacent to an activating group) is 1. The first-order valence-corrected chi connectivity index (χ1v) is 13.5. The number of anilines is 1. The highest BCUT2D eigenvalue weighted by Crippen LogP contribution is 2.35. The fraction of sp³-hybridized carbons (Fsp3) is 0.375. The first-order chi connectivity index (χ1) is 19.3. The summed E-state index contributed by atoms with van der Waals surface area (Å²) in [5.74, 6) is 6.21. The molecule has 1 amide bonds. The lowest BCUT2D eigenvalue weighted by atomic mass is 10.0. The van der Waals surface area contributed by atoms with E-state index < -0.39 is 17.6 Å². The lowest BCUT2D eigenvalue weighted by Crippen LogP contribution is -2.44. The van der Waals surface area contributed by atoms with E-state index in [1.54, 1.807) is 36.7 Å². The van der Waals surface area contributed by atoms with Crippen LogP contribution in [0.1, 0.15) is 58.9 Å². The average molecular weight is 565 g/mol. The number of amides is 1. The molecule has 1 aliphatic heterocycles. The number of aryl methyl sites for hydroxylation is 1. The molecule has 2 heterocycles. The topological polar surface area (TPSA) is 57.7 Å². The Hall–Kier alpha value is -3.87. The molecule has 41 heavy (non-hydrogen) atoms. The number of hydrogen-bond acceptors (Lipinski definition) is 5. The molecule has 0 radical (unpaired) electrons. The highest BCUT2D eigenvalue weighted by molar-refractivity contribution is 6.04. The van der Waals surface area contributed by atoms with E-state index in [1.807, 2.05) is 39.6 Å². The smallest absolute Gasteiger partial charge is 0.416 e. The number of piperazine rings is 1. The number of nitrogens with one attached hydrogen (secondary N) is 1. The van der Waals surface area contributed by atoms with Gasteiger partial charge in [-0.2, -0.15) is 13.2 Å². The molecule has 3 aromatic rings. The molecule has 9 heteroatoms. The lowest BCUT2D eigenvalue weighted by Gasteiger charge is -2.33. The molecule has 0 unspecified atom stereocenters. The Morgan fingerprint density at radius 1 is 1.00 bits per heavy atom. The summed E-state index contributed by atoms with van der Waals surface area (Å²) in [6.45, 7) is 10.9. The SMILES string of the molecule is Cc1ccc(C(=O)Nc2ccc(CN3CCN(C)CC3)c(C(F)(F)F)c2)cc1C#Cc1cncc(OC(C)(C)C)c1. The van der Waals surface area contributed by atoms with Crippen LogP contribution >= 0.6 is 0 Å². The van der Waals surface area contributed by atoms with Gasteiger partial charge in [-0.15, -0.1) is 0 Å². The van der Waals surface area contributed by atoms with Gasteiger partial charge in [0, 0.05) is 61.3 Å². The van der Waals surface area contributed by atoms with E-state index in [2.05, 4.69) is 27.0 Å². The predicted octanol–water partition coefficient (Wildman–Crippen LogP) is 5.99. The van der Waals surface area contributed by atoms with E-state index in [4.69, 9.17) is 4.74 Å². The molecule has 1 aromatic heterocycles. The lowest BCUT2D eigenvalue weighted by molar-refractivity contribution is -0.138. The fourth-order valence-corrected chi connectivity index (χ4v) is 4.44. The van der Waals surface area contributed by atoms with Crippen LogP contribution in [0.2, 0.25) is 0 Å². The normalized spacial score (nSPS) is 14.7. The van der Waals surface area contributed by atoms with Crippen molar-refractivity contribution >= 4 is 11.6 Å². The van der Waals surface area contributed by atoms with Gasteiger partial charge in [0.25, 0.3) is 5.91 Å². The maximum absolute atomic E-state index is 14.0. The van der Waals surface area contributed by atoms with E-state index in [0.717, 1.165) is 24.7 Å². The first kappa shape index (κ1) is 30.1. The number of alkyl halides is 3. The Morgan fingerprint density at radius 2 is 1.73 bits per heavy atom. The van der Waals surface area contributed by atoms with Crippen molar-refractivity contribution < 1.29 is 22.7 Å². The van der Waals surface area contributed by atoms with E-state index in [0.29, 0.717) is 30.0 Å². The Labute approximate surface area is 239 Å². The molecule has 1 N–H and O–H groups in total. The Kier molecular flexibility index (Phi) is 9.05. The van der Waals surface area contributed by atoms with Gasteiger partial charge in [0.15, 0.2) is 0 Å². The van der Waals surface area contributed by atoms with E-state index in [-0.39, 0.29) is 29.0 Å². The van der Waals surface area contributed by atoms with Gasteiger partial charge in [0.05, 0.1) is 11.8 Å². The van der Waals surface area contributed by atoms with Crippen LogP contribution in [-0.2, 0) is 12.7 Å². The number of ether oxygens (including phenoxy) is 1. The molecule has 0 spiro atoms. The number of hydrogen-bond donors (Lipinski definition) is 1. The Balaban J connectivity index is 1.51. The van der Waals surface area contributed by atoms with Crippen LogP contribution in [0.4, 0.5) is 18.9 Å². The molecule has 216 valence electrons. The second kappa shape index (κ2) is 12.3. The van der Waals surface area contributed by atoms with Crippen LogP contribution in [0.3, 0.4) is 0 Å². The van der Waals surface area contributed by atoms with Gasteiger partial charge in [-0.1, -0.05) is 24.0 Å². The summed E-state index contributed by atoms with van der Waals surface area (Å²) in [7, 11) is 2.00. The van der Waals surface area contributed by atoms with Crippen molar-refractivity contribution in [3.63, 3.8) is 0 Å². The largest absolute Gasteiger partial charge is 0.486 e. The molecule has 0 atom stereocenters. The standard InChI is InChI=1S/C32H35F3N4O2/c1-22-6-8-25(17-24(22)9-7-23-16-28(20-36-19-23)41-31(2,3)4)30(40)37-27-11-10-26(29(18-27)32(33,34)35)21-39-14-12-38(5)13-15-39/h6,8,10-11,16-20H,12-15,21H2,1-5H3,(H,37,40). The van der Waals surface area contributed by atoms with E-state index >= 15 is 0 Å². The summed E-state index contributed by atoms with van der Waals surface area (Å²) in [6, 6.07) is 10.8. The number of pyridine rings is 1. The van der Waals surface area contributed by atoms with Crippen molar-refractivity contribution in [3.05, 3.63) is 88.2 Å². The summed E-state index contributed by atoms with van der Waals surface area (Å²) >= 11 is 0. The van der Waals surface area contributed by atoms with Crippen molar-refractivity contribution in [2.75, 3.05) is 38.5 Å². The van der Waals surface area contributed by atoms with Crippen molar-refractivity contribution in [3.8, 4) is 17.6 Å². The number of rotatable bonds is 5. The zero-order chi connectivity index (χ0) is 29.8. The summed E-state index contributed by atoms with van der Waals surface area (Å²) < 4.78 is 47.7. The molecule has 0 saturated carbocycles. The number of nitrogens with zero attached hydrogens (tertiary/aromatic N) is 3. The second-order valence-electron chi connectivity index (χ2n) is 11.3. The van der Waals surface area contributed by atoms with E-state index in [9.17, 15) is 18.0 Å². The maximum Gasteiger partial charge on any atom is 0.416 e. The molecular weight excluding hydrogens is 529 g/mol. The fourth-order valence-electron chi connectivity index (χ4n) is 4.44. The van der Waals surface area contributed by atoms with Gasteiger partial charge in [0.1, 0.15) is 11.4 Å². The van der Waals surface area contributed by atoms with Gasteiger partial charge in [0.2, 0.25) is 0 Å². The molecule has 4 rings (SSSR count). The van der Waals surface area contributed by atoms with Crippen molar-refractivity contribution in [1.29, 1.82) is 0 Å². The van der Waals surface area contributed by atoms with Crippen LogP contribution in [0.5, 0.6) is 5.75 Å². The highest BCUT2D eigenvalue weighted by atomic mass is 19.4. The second-order valence-corrected chi connectivity index (χ2v) is 11.3. The number of carbonyl (C=O) groups is 1. The maximum atomic E-state index is 14.0. The number of halogens is 3.